The first kappa shape index (κ1) is 13.4. The molecule has 88 valence electrons. The largest absolute Gasteiger partial charge is 0.327 e. The van der Waals surface area contributed by atoms with Gasteiger partial charge in [-0.1, -0.05) is 19.9 Å². The van der Waals surface area contributed by atoms with E-state index in [1.807, 2.05) is 6.92 Å². The van der Waals surface area contributed by atoms with Crippen molar-refractivity contribution in [3.63, 3.8) is 0 Å². The predicted octanol–water partition coefficient (Wildman–Crippen LogP) is 3.04. The Morgan fingerprint density at radius 2 is 2.19 bits per heavy atom. The van der Waals surface area contributed by atoms with Gasteiger partial charge in [-0.3, -0.25) is 10.1 Å². The maximum atomic E-state index is 10.6. The first-order valence-corrected chi connectivity index (χ1v) is 6.24. The molecule has 0 amide bonds. The molecular formula is C11H15IN2O2. The van der Waals surface area contributed by atoms with Crippen LogP contribution < -0.4 is 5.73 Å². The van der Waals surface area contributed by atoms with Crippen molar-refractivity contribution in [3.05, 3.63) is 37.4 Å². The molecule has 0 aromatic heterocycles. The zero-order valence-electron chi connectivity index (χ0n) is 9.31. The van der Waals surface area contributed by atoms with Gasteiger partial charge in [0.15, 0.2) is 0 Å². The Kier molecular flexibility index (Phi) is 4.67. The van der Waals surface area contributed by atoms with Crippen molar-refractivity contribution in [3.8, 4) is 0 Å². The van der Waals surface area contributed by atoms with Gasteiger partial charge in [0.2, 0.25) is 0 Å². The smallest absolute Gasteiger partial charge is 0.270 e. The molecule has 4 nitrogen and oxygen atoms in total. The fourth-order valence-electron chi connectivity index (χ4n) is 1.58. The van der Waals surface area contributed by atoms with E-state index >= 15 is 0 Å². The van der Waals surface area contributed by atoms with Crippen LogP contribution in [0.25, 0.3) is 0 Å². The Labute approximate surface area is 109 Å². The molecule has 0 heterocycles. The van der Waals surface area contributed by atoms with E-state index in [2.05, 4.69) is 29.5 Å². The van der Waals surface area contributed by atoms with Crippen LogP contribution in [0.4, 0.5) is 5.69 Å². The molecule has 0 bridgehead atoms. The van der Waals surface area contributed by atoms with Gasteiger partial charge in [0.1, 0.15) is 0 Å². The number of halogens is 1. The van der Waals surface area contributed by atoms with Crippen LogP contribution in [-0.2, 0) is 0 Å². The molecule has 0 saturated heterocycles. The topological polar surface area (TPSA) is 69.2 Å². The van der Waals surface area contributed by atoms with Gasteiger partial charge in [-0.2, -0.15) is 0 Å². The third-order valence-corrected chi connectivity index (χ3v) is 3.73. The third kappa shape index (κ3) is 2.91. The van der Waals surface area contributed by atoms with Gasteiger partial charge in [-0.05, 0) is 40.5 Å². The second kappa shape index (κ2) is 5.58. The van der Waals surface area contributed by atoms with Gasteiger partial charge in [0.05, 0.1) is 4.92 Å². The molecule has 0 saturated carbocycles. The Balaban J connectivity index is 3.03. The normalized spacial score (nSPS) is 14.5. The highest BCUT2D eigenvalue weighted by atomic mass is 127. The summed E-state index contributed by atoms with van der Waals surface area (Å²) < 4.78 is 0.906. The van der Waals surface area contributed by atoms with Crippen LogP contribution in [0.3, 0.4) is 0 Å². The molecule has 0 spiro atoms. The molecule has 0 aliphatic heterocycles. The maximum absolute atomic E-state index is 10.6. The predicted molar refractivity (Wildman–Crippen MR) is 72.5 cm³/mol. The van der Waals surface area contributed by atoms with Gasteiger partial charge in [0.25, 0.3) is 5.69 Å². The molecule has 0 aliphatic carbocycles. The number of hydrogen-bond donors (Lipinski definition) is 1. The second-order valence-corrected chi connectivity index (χ2v) is 4.99. The van der Waals surface area contributed by atoms with Gasteiger partial charge in [-0.25, -0.2) is 0 Å². The van der Waals surface area contributed by atoms with Gasteiger partial charge >= 0.3 is 0 Å². The molecule has 0 aliphatic rings. The highest BCUT2D eigenvalue weighted by Gasteiger charge is 2.17. The Morgan fingerprint density at radius 3 is 2.62 bits per heavy atom. The first-order chi connectivity index (χ1) is 7.47. The van der Waals surface area contributed by atoms with Crippen LogP contribution in [0, 0.1) is 13.7 Å². The number of hydrogen-bond acceptors (Lipinski definition) is 3. The fourth-order valence-corrected chi connectivity index (χ4v) is 2.57. The molecule has 0 radical (unpaired) electrons. The quantitative estimate of drug-likeness (QED) is 0.523. The standard InChI is InChI=1S/C11H15IN2O2/c1-3-11(13)7(2)9-5-4-8(14(15)16)6-10(9)12/h4-7,11H,3,13H2,1-2H3. The lowest BCUT2D eigenvalue weighted by atomic mass is 9.92. The van der Waals surface area contributed by atoms with Gasteiger partial charge in [0, 0.05) is 21.7 Å². The van der Waals surface area contributed by atoms with Crippen molar-refractivity contribution in [2.75, 3.05) is 0 Å². The number of nitro groups is 1. The molecule has 0 fully saturated rings. The number of nitrogens with zero attached hydrogens (tertiary/aromatic N) is 1. The Hall–Kier alpha value is -0.690. The van der Waals surface area contributed by atoms with Crippen LogP contribution in [0.15, 0.2) is 18.2 Å². The minimum atomic E-state index is -0.379. The molecule has 1 rings (SSSR count). The zero-order valence-corrected chi connectivity index (χ0v) is 11.5. The van der Waals surface area contributed by atoms with Gasteiger partial charge in [-0.15, -0.1) is 0 Å². The maximum Gasteiger partial charge on any atom is 0.270 e. The molecular weight excluding hydrogens is 319 g/mol. The number of nitro benzene ring substituents is 1. The minimum Gasteiger partial charge on any atom is -0.327 e. The summed E-state index contributed by atoms with van der Waals surface area (Å²) in [4.78, 5) is 10.2. The van der Waals surface area contributed by atoms with Crippen molar-refractivity contribution in [1.82, 2.24) is 0 Å². The van der Waals surface area contributed by atoms with E-state index in [-0.39, 0.29) is 22.6 Å². The van der Waals surface area contributed by atoms with Crippen molar-refractivity contribution in [2.45, 2.75) is 32.2 Å². The van der Waals surface area contributed by atoms with E-state index in [4.69, 9.17) is 5.73 Å². The Morgan fingerprint density at radius 1 is 1.56 bits per heavy atom. The molecule has 1 aromatic rings. The summed E-state index contributed by atoms with van der Waals surface area (Å²) in [6.45, 7) is 4.09. The molecule has 2 atom stereocenters. The van der Waals surface area contributed by atoms with E-state index in [9.17, 15) is 10.1 Å². The summed E-state index contributed by atoms with van der Waals surface area (Å²) in [5.41, 5.74) is 7.19. The number of nitrogens with two attached hydrogens (primary N) is 1. The number of non-ortho nitro benzene ring substituents is 1. The van der Waals surface area contributed by atoms with Crippen molar-refractivity contribution < 1.29 is 4.92 Å². The summed E-state index contributed by atoms with van der Waals surface area (Å²) in [6, 6.07) is 5.03. The monoisotopic (exact) mass is 334 g/mol. The summed E-state index contributed by atoms with van der Waals surface area (Å²) in [7, 11) is 0. The fraction of sp³-hybridized carbons (Fsp3) is 0.455. The SMILES string of the molecule is CCC(N)C(C)c1ccc([N+](=O)[O-])cc1I. The highest BCUT2D eigenvalue weighted by Crippen LogP contribution is 2.27. The lowest BCUT2D eigenvalue weighted by Gasteiger charge is -2.19. The van der Waals surface area contributed by atoms with Crippen LogP contribution in [-0.4, -0.2) is 11.0 Å². The summed E-state index contributed by atoms with van der Waals surface area (Å²) in [5.74, 6) is 0.220. The van der Waals surface area contributed by atoms with Crippen LogP contribution in [0.5, 0.6) is 0 Å². The molecule has 16 heavy (non-hydrogen) atoms. The molecule has 2 unspecified atom stereocenters. The minimum absolute atomic E-state index is 0.0926. The highest BCUT2D eigenvalue weighted by molar-refractivity contribution is 14.1. The summed E-state index contributed by atoms with van der Waals surface area (Å²) in [5, 5.41) is 10.6. The average Bonchev–Trinajstić information content (AvgIpc) is 2.26. The first-order valence-electron chi connectivity index (χ1n) is 5.16. The van der Waals surface area contributed by atoms with Crippen molar-refractivity contribution in [1.29, 1.82) is 0 Å². The second-order valence-electron chi connectivity index (χ2n) is 3.82. The molecule has 5 heteroatoms. The van der Waals surface area contributed by atoms with E-state index in [0.29, 0.717) is 0 Å². The van der Waals surface area contributed by atoms with Crippen LogP contribution >= 0.6 is 22.6 Å². The third-order valence-electron chi connectivity index (χ3n) is 2.80. The lowest BCUT2D eigenvalue weighted by Crippen LogP contribution is -2.26. The lowest BCUT2D eigenvalue weighted by molar-refractivity contribution is -0.385. The Bertz CT molecular complexity index is 396. The van der Waals surface area contributed by atoms with E-state index in [1.54, 1.807) is 12.1 Å². The van der Waals surface area contributed by atoms with Crippen LogP contribution in [0.1, 0.15) is 31.7 Å². The number of benzene rings is 1. The molecule has 2 N–H and O–H groups in total. The average molecular weight is 334 g/mol. The number of rotatable bonds is 4. The zero-order chi connectivity index (χ0) is 12.3. The molecule has 1 aromatic carbocycles. The summed E-state index contributed by atoms with van der Waals surface area (Å²) in [6.07, 6.45) is 0.897. The van der Waals surface area contributed by atoms with Gasteiger partial charge < -0.3 is 5.73 Å². The van der Waals surface area contributed by atoms with E-state index in [1.165, 1.54) is 6.07 Å². The van der Waals surface area contributed by atoms with Crippen molar-refractivity contribution >= 4 is 28.3 Å². The summed E-state index contributed by atoms with van der Waals surface area (Å²) >= 11 is 2.12. The van der Waals surface area contributed by atoms with E-state index < -0.39 is 0 Å². The van der Waals surface area contributed by atoms with Crippen molar-refractivity contribution in [2.24, 2.45) is 5.73 Å². The van der Waals surface area contributed by atoms with Crippen LogP contribution in [0.2, 0.25) is 0 Å². The van der Waals surface area contributed by atoms with E-state index in [0.717, 1.165) is 15.6 Å².